The van der Waals surface area contributed by atoms with Crippen molar-refractivity contribution in [2.24, 2.45) is 0 Å². The van der Waals surface area contributed by atoms with E-state index >= 15 is 0 Å². The number of rotatable bonds is 4. The standard InChI is InChI=1S/C16H18N2O2/c1-10(19)6-7-16(20)17-11-8-13-12-4-2-3-5-14(12)18-15(13)9-11/h2-5,11,18H,6-9H2,1H3,(H,17,20). The van der Waals surface area contributed by atoms with Gasteiger partial charge in [-0.05, 0) is 25.0 Å². The molecule has 1 aromatic carbocycles. The molecule has 104 valence electrons. The zero-order valence-corrected chi connectivity index (χ0v) is 11.5. The molecule has 3 rings (SSSR count). The summed E-state index contributed by atoms with van der Waals surface area (Å²) in [5.74, 6) is 0.0300. The highest BCUT2D eigenvalue weighted by Gasteiger charge is 2.26. The molecule has 1 amide bonds. The number of H-pyrrole nitrogens is 1. The summed E-state index contributed by atoms with van der Waals surface area (Å²) in [6.45, 7) is 1.51. The van der Waals surface area contributed by atoms with E-state index in [-0.39, 0.29) is 17.7 Å². The Bertz CT molecular complexity index is 672. The molecular formula is C16H18N2O2. The second-order valence-corrected chi connectivity index (χ2v) is 5.50. The Hall–Kier alpha value is -2.10. The van der Waals surface area contributed by atoms with E-state index in [0.717, 1.165) is 12.8 Å². The predicted molar refractivity (Wildman–Crippen MR) is 77.6 cm³/mol. The molecule has 0 saturated heterocycles. The SMILES string of the molecule is CC(=O)CCC(=O)NC1Cc2[nH]c3ccccc3c2C1. The third-order valence-electron chi connectivity index (χ3n) is 3.87. The molecule has 0 aliphatic heterocycles. The lowest BCUT2D eigenvalue weighted by molar-refractivity contribution is -0.125. The van der Waals surface area contributed by atoms with E-state index in [1.807, 2.05) is 12.1 Å². The number of aromatic amines is 1. The van der Waals surface area contributed by atoms with Crippen molar-refractivity contribution < 1.29 is 9.59 Å². The minimum absolute atomic E-state index is 0.0281. The summed E-state index contributed by atoms with van der Waals surface area (Å²) < 4.78 is 0. The van der Waals surface area contributed by atoms with Gasteiger partial charge in [0.25, 0.3) is 0 Å². The third-order valence-corrected chi connectivity index (χ3v) is 3.87. The van der Waals surface area contributed by atoms with Gasteiger partial charge in [-0.15, -0.1) is 0 Å². The summed E-state index contributed by atoms with van der Waals surface area (Å²) in [5.41, 5.74) is 3.71. The van der Waals surface area contributed by atoms with Crippen LogP contribution in [0.5, 0.6) is 0 Å². The summed E-state index contributed by atoms with van der Waals surface area (Å²) in [4.78, 5) is 26.1. The van der Waals surface area contributed by atoms with E-state index in [9.17, 15) is 9.59 Å². The molecule has 20 heavy (non-hydrogen) atoms. The molecule has 0 radical (unpaired) electrons. The highest BCUT2D eigenvalue weighted by atomic mass is 16.2. The van der Waals surface area contributed by atoms with Gasteiger partial charge in [-0.3, -0.25) is 4.79 Å². The van der Waals surface area contributed by atoms with E-state index in [0.29, 0.717) is 12.8 Å². The van der Waals surface area contributed by atoms with Crippen molar-refractivity contribution in [1.29, 1.82) is 0 Å². The number of hydrogen-bond donors (Lipinski definition) is 2. The van der Waals surface area contributed by atoms with Gasteiger partial charge in [0.15, 0.2) is 0 Å². The van der Waals surface area contributed by atoms with Crippen LogP contribution >= 0.6 is 0 Å². The number of Topliss-reactive ketones (excluding diaryl/α,β-unsaturated/α-hetero) is 1. The molecule has 4 heteroatoms. The van der Waals surface area contributed by atoms with Crippen molar-refractivity contribution in [3.8, 4) is 0 Å². The smallest absolute Gasteiger partial charge is 0.220 e. The Labute approximate surface area is 117 Å². The highest BCUT2D eigenvalue weighted by molar-refractivity contribution is 5.86. The fourth-order valence-electron chi connectivity index (χ4n) is 2.92. The first-order valence-corrected chi connectivity index (χ1v) is 7.00. The van der Waals surface area contributed by atoms with Crippen molar-refractivity contribution >= 4 is 22.6 Å². The number of carbonyl (C=O) groups excluding carboxylic acids is 2. The van der Waals surface area contributed by atoms with Crippen LogP contribution in [0.15, 0.2) is 24.3 Å². The van der Waals surface area contributed by atoms with E-state index < -0.39 is 0 Å². The van der Waals surface area contributed by atoms with Crippen LogP contribution in [0.3, 0.4) is 0 Å². The molecule has 4 nitrogen and oxygen atoms in total. The minimum atomic E-state index is -0.0281. The van der Waals surface area contributed by atoms with Crippen LogP contribution in [-0.4, -0.2) is 22.7 Å². The molecule has 1 atom stereocenters. The second kappa shape index (κ2) is 5.12. The monoisotopic (exact) mass is 270 g/mol. The summed E-state index contributed by atoms with van der Waals surface area (Å²) >= 11 is 0. The molecule has 1 aliphatic carbocycles. The van der Waals surface area contributed by atoms with Gasteiger partial charge in [0.1, 0.15) is 5.78 Å². The normalized spacial score (nSPS) is 17.1. The lowest BCUT2D eigenvalue weighted by Crippen LogP contribution is -2.35. The summed E-state index contributed by atoms with van der Waals surface area (Å²) in [5, 5.41) is 4.27. The van der Waals surface area contributed by atoms with Crippen LogP contribution < -0.4 is 5.32 Å². The summed E-state index contributed by atoms with van der Waals surface area (Å²) in [6, 6.07) is 8.41. The van der Waals surface area contributed by atoms with Crippen molar-refractivity contribution in [2.75, 3.05) is 0 Å². The number of aromatic nitrogens is 1. The maximum absolute atomic E-state index is 11.8. The van der Waals surface area contributed by atoms with Crippen molar-refractivity contribution in [3.05, 3.63) is 35.5 Å². The number of fused-ring (bicyclic) bond motifs is 3. The molecule has 2 aromatic rings. The predicted octanol–water partition coefficient (Wildman–Crippen LogP) is 2.12. The quantitative estimate of drug-likeness (QED) is 0.894. The largest absolute Gasteiger partial charge is 0.358 e. The first-order valence-electron chi connectivity index (χ1n) is 7.00. The molecule has 1 aromatic heterocycles. The molecule has 1 unspecified atom stereocenters. The Balaban J connectivity index is 1.65. The molecular weight excluding hydrogens is 252 g/mol. The van der Waals surface area contributed by atoms with Gasteiger partial charge in [0, 0.05) is 41.9 Å². The molecule has 0 fully saturated rings. The second-order valence-electron chi connectivity index (χ2n) is 5.50. The Morgan fingerprint density at radius 3 is 2.85 bits per heavy atom. The molecule has 2 N–H and O–H groups in total. The van der Waals surface area contributed by atoms with Crippen LogP contribution in [-0.2, 0) is 22.4 Å². The fourth-order valence-corrected chi connectivity index (χ4v) is 2.92. The summed E-state index contributed by atoms with van der Waals surface area (Å²) in [7, 11) is 0. The number of ketones is 1. The number of amides is 1. The van der Waals surface area contributed by atoms with Crippen LogP contribution in [0.2, 0.25) is 0 Å². The van der Waals surface area contributed by atoms with Crippen LogP contribution in [0.1, 0.15) is 31.0 Å². The van der Waals surface area contributed by atoms with Crippen molar-refractivity contribution in [2.45, 2.75) is 38.6 Å². The maximum Gasteiger partial charge on any atom is 0.220 e. The third kappa shape index (κ3) is 2.46. The van der Waals surface area contributed by atoms with E-state index in [1.54, 1.807) is 0 Å². The van der Waals surface area contributed by atoms with Gasteiger partial charge in [0.05, 0.1) is 0 Å². The van der Waals surface area contributed by atoms with Crippen LogP contribution in [0.25, 0.3) is 10.9 Å². The van der Waals surface area contributed by atoms with E-state index in [4.69, 9.17) is 0 Å². The number of para-hydroxylation sites is 1. The molecule has 0 saturated carbocycles. The number of carbonyl (C=O) groups is 2. The fraction of sp³-hybridized carbons (Fsp3) is 0.375. The van der Waals surface area contributed by atoms with Crippen molar-refractivity contribution in [3.63, 3.8) is 0 Å². The lowest BCUT2D eigenvalue weighted by atomic mass is 10.1. The molecule has 0 spiro atoms. The molecule has 1 aliphatic rings. The zero-order chi connectivity index (χ0) is 14.1. The number of hydrogen-bond acceptors (Lipinski definition) is 2. The first kappa shape index (κ1) is 12.9. The van der Waals surface area contributed by atoms with Gasteiger partial charge in [-0.25, -0.2) is 0 Å². The Morgan fingerprint density at radius 2 is 2.05 bits per heavy atom. The van der Waals surface area contributed by atoms with Gasteiger partial charge < -0.3 is 15.1 Å². The van der Waals surface area contributed by atoms with Gasteiger partial charge in [-0.1, -0.05) is 18.2 Å². The zero-order valence-electron chi connectivity index (χ0n) is 11.5. The lowest BCUT2D eigenvalue weighted by Gasteiger charge is -2.12. The van der Waals surface area contributed by atoms with Crippen molar-refractivity contribution in [1.82, 2.24) is 10.3 Å². The van der Waals surface area contributed by atoms with Gasteiger partial charge in [-0.2, -0.15) is 0 Å². The molecule has 1 heterocycles. The molecule has 0 bridgehead atoms. The Kier molecular flexibility index (Phi) is 3.30. The highest BCUT2D eigenvalue weighted by Crippen LogP contribution is 2.29. The van der Waals surface area contributed by atoms with Crippen LogP contribution in [0.4, 0.5) is 0 Å². The number of benzene rings is 1. The van der Waals surface area contributed by atoms with Gasteiger partial charge in [0.2, 0.25) is 5.91 Å². The average molecular weight is 270 g/mol. The van der Waals surface area contributed by atoms with E-state index in [1.165, 1.54) is 29.1 Å². The minimum Gasteiger partial charge on any atom is -0.358 e. The maximum atomic E-state index is 11.8. The topological polar surface area (TPSA) is 62.0 Å². The summed E-state index contributed by atoms with van der Waals surface area (Å²) in [6.07, 6.45) is 2.33. The number of nitrogens with one attached hydrogen (secondary N) is 2. The van der Waals surface area contributed by atoms with Crippen LogP contribution in [0, 0.1) is 0 Å². The van der Waals surface area contributed by atoms with E-state index in [2.05, 4.69) is 22.4 Å². The first-order chi connectivity index (χ1) is 9.63. The van der Waals surface area contributed by atoms with Gasteiger partial charge >= 0.3 is 0 Å². The average Bonchev–Trinajstić information content (AvgIpc) is 2.93. The Morgan fingerprint density at radius 1 is 1.25 bits per heavy atom.